The van der Waals surface area contributed by atoms with Crippen LogP contribution in [0.3, 0.4) is 0 Å². The topological polar surface area (TPSA) is 72.2 Å². The highest BCUT2D eigenvalue weighted by Gasteiger charge is 2.12. The van der Waals surface area contributed by atoms with Crippen molar-refractivity contribution < 1.29 is 8.42 Å². The van der Waals surface area contributed by atoms with Gasteiger partial charge in [0.1, 0.15) is 0 Å². The molecular weight excluding hydrogens is 272 g/mol. The number of aryl methyl sites for hydroxylation is 1. The maximum absolute atomic E-state index is 12.0. The number of nitrogens with two attached hydrogens (primary N) is 1. The van der Waals surface area contributed by atoms with Gasteiger partial charge >= 0.3 is 0 Å². The van der Waals surface area contributed by atoms with E-state index in [1.807, 2.05) is 31.2 Å². The molecule has 0 aliphatic carbocycles. The van der Waals surface area contributed by atoms with E-state index in [0.29, 0.717) is 18.7 Å². The van der Waals surface area contributed by atoms with Gasteiger partial charge in [0.25, 0.3) is 0 Å². The lowest BCUT2D eigenvalue weighted by atomic mass is 10.1. The Morgan fingerprint density at radius 3 is 2.20 bits per heavy atom. The van der Waals surface area contributed by atoms with E-state index in [1.54, 1.807) is 12.1 Å². The normalized spacial score (nSPS) is 11.4. The lowest BCUT2D eigenvalue weighted by Crippen LogP contribution is -2.26. The smallest absolute Gasteiger partial charge is 0.240 e. The zero-order chi connectivity index (χ0) is 14.6. The van der Waals surface area contributed by atoms with Crippen molar-refractivity contribution in [1.29, 1.82) is 0 Å². The molecule has 0 amide bonds. The van der Waals surface area contributed by atoms with Gasteiger partial charge in [-0.2, -0.15) is 0 Å². The summed E-state index contributed by atoms with van der Waals surface area (Å²) in [5.74, 6) is 0. The maximum atomic E-state index is 12.0. The molecule has 0 heterocycles. The number of sulfonamides is 1. The van der Waals surface area contributed by atoms with Crippen LogP contribution in [0.5, 0.6) is 0 Å². The first-order valence-corrected chi connectivity index (χ1v) is 7.86. The molecule has 2 rings (SSSR count). The molecule has 5 heteroatoms. The van der Waals surface area contributed by atoms with Gasteiger partial charge in [0.15, 0.2) is 0 Å². The van der Waals surface area contributed by atoms with E-state index in [1.165, 1.54) is 17.7 Å². The average Bonchev–Trinajstić information content (AvgIpc) is 2.41. The van der Waals surface area contributed by atoms with Crippen LogP contribution >= 0.6 is 0 Å². The molecule has 0 saturated heterocycles. The first-order chi connectivity index (χ1) is 9.47. The molecule has 2 aromatic carbocycles. The Labute approximate surface area is 119 Å². The Morgan fingerprint density at radius 1 is 1.00 bits per heavy atom. The number of nitrogen functional groups attached to an aromatic ring is 1. The SMILES string of the molecule is Cc1ccc(CCNS(=O)(=O)c2ccc(N)cc2)cc1. The Kier molecular flexibility index (Phi) is 4.42. The van der Waals surface area contributed by atoms with Crippen LogP contribution in [0, 0.1) is 6.92 Å². The molecule has 106 valence electrons. The van der Waals surface area contributed by atoms with Crippen molar-refractivity contribution in [2.24, 2.45) is 0 Å². The van der Waals surface area contributed by atoms with Crippen molar-refractivity contribution in [3.8, 4) is 0 Å². The van der Waals surface area contributed by atoms with E-state index in [-0.39, 0.29) is 4.90 Å². The van der Waals surface area contributed by atoms with Crippen LogP contribution in [-0.4, -0.2) is 15.0 Å². The predicted molar refractivity (Wildman–Crippen MR) is 80.9 cm³/mol. The van der Waals surface area contributed by atoms with Gasteiger partial charge < -0.3 is 5.73 Å². The highest BCUT2D eigenvalue weighted by molar-refractivity contribution is 7.89. The fourth-order valence-corrected chi connectivity index (χ4v) is 2.85. The highest BCUT2D eigenvalue weighted by Crippen LogP contribution is 2.11. The minimum atomic E-state index is -3.46. The Bertz CT molecular complexity index is 662. The quantitative estimate of drug-likeness (QED) is 0.828. The third kappa shape index (κ3) is 3.82. The van der Waals surface area contributed by atoms with Gasteiger partial charge in [-0.3, -0.25) is 0 Å². The number of rotatable bonds is 5. The summed E-state index contributed by atoms with van der Waals surface area (Å²) in [5.41, 5.74) is 8.39. The predicted octanol–water partition coefficient (Wildman–Crippen LogP) is 2.10. The standard InChI is InChI=1S/C15H18N2O2S/c1-12-2-4-13(5-3-12)10-11-17-20(18,19)15-8-6-14(16)7-9-15/h2-9,17H,10-11,16H2,1H3. The minimum absolute atomic E-state index is 0.232. The van der Waals surface area contributed by atoms with Crippen molar-refractivity contribution in [2.75, 3.05) is 12.3 Å². The molecular formula is C15H18N2O2S. The van der Waals surface area contributed by atoms with Crippen LogP contribution in [0.1, 0.15) is 11.1 Å². The third-order valence-electron chi connectivity index (χ3n) is 3.02. The first-order valence-electron chi connectivity index (χ1n) is 6.38. The molecule has 20 heavy (non-hydrogen) atoms. The molecule has 0 atom stereocenters. The van der Waals surface area contributed by atoms with E-state index in [4.69, 9.17) is 5.73 Å². The van der Waals surface area contributed by atoms with Crippen molar-refractivity contribution in [3.63, 3.8) is 0 Å². The summed E-state index contributed by atoms with van der Waals surface area (Å²) < 4.78 is 26.7. The van der Waals surface area contributed by atoms with E-state index < -0.39 is 10.0 Å². The van der Waals surface area contributed by atoms with Crippen LogP contribution in [0.15, 0.2) is 53.4 Å². The zero-order valence-electron chi connectivity index (χ0n) is 11.3. The summed E-state index contributed by atoms with van der Waals surface area (Å²) in [5, 5.41) is 0. The second kappa shape index (κ2) is 6.07. The second-order valence-electron chi connectivity index (χ2n) is 4.70. The first kappa shape index (κ1) is 14.6. The molecule has 0 bridgehead atoms. The van der Waals surface area contributed by atoms with Crippen molar-refractivity contribution >= 4 is 15.7 Å². The summed E-state index contributed by atoms with van der Waals surface area (Å²) in [6, 6.07) is 14.2. The number of nitrogens with one attached hydrogen (secondary N) is 1. The van der Waals surface area contributed by atoms with E-state index >= 15 is 0 Å². The average molecular weight is 290 g/mol. The molecule has 0 unspecified atom stereocenters. The molecule has 0 spiro atoms. The van der Waals surface area contributed by atoms with Gasteiger partial charge in [0.2, 0.25) is 10.0 Å². The fraction of sp³-hybridized carbons (Fsp3) is 0.200. The summed E-state index contributed by atoms with van der Waals surface area (Å²) in [4.78, 5) is 0.232. The third-order valence-corrected chi connectivity index (χ3v) is 4.49. The Balaban J connectivity index is 1.96. The number of anilines is 1. The van der Waals surface area contributed by atoms with E-state index in [9.17, 15) is 8.42 Å². The monoisotopic (exact) mass is 290 g/mol. The summed E-state index contributed by atoms with van der Waals surface area (Å²) in [6.45, 7) is 2.39. The lowest BCUT2D eigenvalue weighted by molar-refractivity contribution is 0.581. The summed E-state index contributed by atoms with van der Waals surface area (Å²) in [6.07, 6.45) is 0.661. The molecule has 3 N–H and O–H groups in total. The Morgan fingerprint density at radius 2 is 1.60 bits per heavy atom. The van der Waals surface area contributed by atoms with Crippen molar-refractivity contribution in [3.05, 3.63) is 59.7 Å². The number of benzene rings is 2. The van der Waals surface area contributed by atoms with Crippen molar-refractivity contribution in [2.45, 2.75) is 18.2 Å². The van der Waals surface area contributed by atoms with Crippen LogP contribution in [0.25, 0.3) is 0 Å². The van der Waals surface area contributed by atoms with Gasteiger partial charge in [0.05, 0.1) is 4.90 Å². The van der Waals surface area contributed by atoms with Crippen LogP contribution in [0.2, 0.25) is 0 Å². The largest absolute Gasteiger partial charge is 0.399 e. The van der Waals surface area contributed by atoms with Crippen LogP contribution in [-0.2, 0) is 16.4 Å². The molecule has 0 saturated carbocycles. The molecule has 4 nitrogen and oxygen atoms in total. The minimum Gasteiger partial charge on any atom is -0.399 e. The van der Waals surface area contributed by atoms with E-state index in [0.717, 1.165) is 5.56 Å². The lowest BCUT2D eigenvalue weighted by Gasteiger charge is -2.07. The van der Waals surface area contributed by atoms with Crippen LogP contribution < -0.4 is 10.5 Å². The zero-order valence-corrected chi connectivity index (χ0v) is 12.2. The summed E-state index contributed by atoms with van der Waals surface area (Å²) >= 11 is 0. The Hall–Kier alpha value is -1.85. The molecule has 0 aliphatic rings. The summed E-state index contributed by atoms with van der Waals surface area (Å²) in [7, 11) is -3.46. The van der Waals surface area contributed by atoms with Gasteiger partial charge in [-0.15, -0.1) is 0 Å². The van der Waals surface area contributed by atoms with E-state index in [2.05, 4.69) is 4.72 Å². The maximum Gasteiger partial charge on any atom is 0.240 e. The number of hydrogen-bond acceptors (Lipinski definition) is 3. The fourth-order valence-electron chi connectivity index (χ4n) is 1.81. The highest BCUT2D eigenvalue weighted by atomic mass is 32.2. The molecule has 0 radical (unpaired) electrons. The van der Waals surface area contributed by atoms with Crippen molar-refractivity contribution in [1.82, 2.24) is 4.72 Å². The van der Waals surface area contributed by atoms with Gasteiger partial charge in [-0.25, -0.2) is 13.1 Å². The molecule has 0 aliphatic heterocycles. The second-order valence-corrected chi connectivity index (χ2v) is 6.47. The van der Waals surface area contributed by atoms with Gasteiger partial charge in [0, 0.05) is 12.2 Å². The molecule has 0 aromatic heterocycles. The van der Waals surface area contributed by atoms with Gasteiger partial charge in [-0.05, 0) is 43.2 Å². The molecule has 0 fully saturated rings. The molecule has 2 aromatic rings. The number of hydrogen-bond donors (Lipinski definition) is 2. The van der Waals surface area contributed by atoms with Crippen LogP contribution in [0.4, 0.5) is 5.69 Å². The van der Waals surface area contributed by atoms with Gasteiger partial charge in [-0.1, -0.05) is 29.8 Å².